The number of halogens is 1. The molecule has 1 heterocycles. The number of alkyl halides is 1. The maximum atomic E-state index is 12.3. The monoisotopic (exact) mass is 323 g/mol. The molecule has 0 aliphatic heterocycles. The average molecular weight is 323 g/mol. The van der Waals surface area contributed by atoms with Gasteiger partial charge in [0.15, 0.2) is 0 Å². The van der Waals surface area contributed by atoms with Gasteiger partial charge in [-0.25, -0.2) is 4.79 Å². The number of nitrogens with two attached hydrogens (primary N) is 1. The lowest BCUT2D eigenvalue weighted by atomic mass is 9.97. The van der Waals surface area contributed by atoms with E-state index in [1.54, 1.807) is 0 Å². The highest BCUT2D eigenvalue weighted by Crippen LogP contribution is 2.24. The summed E-state index contributed by atoms with van der Waals surface area (Å²) in [5.74, 6) is 0. The molecule has 2 N–H and O–H groups in total. The number of hydrogen-bond acceptors (Lipinski definition) is 4. The first-order chi connectivity index (χ1) is 10.4. The molecule has 0 aliphatic carbocycles. The third-order valence-corrected chi connectivity index (χ3v) is 3.90. The standard InChI is InChI=1S/C14H18FN5OS/c1-8-7-11(13(16)22)9(2)10(3)12(8)20-14(21)19(17-18-20)6-4-5-15/h7H,4-6H2,1-3H3,(H2,16,22). The number of hydrogen-bond donors (Lipinski definition) is 1. The van der Waals surface area contributed by atoms with Crippen LogP contribution < -0.4 is 11.4 Å². The van der Waals surface area contributed by atoms with Crippen molar-refractivity contribution < 1.29 is 4.39 Å². The summed E-state index contributed by atoms with van der Waals surface area (Å²) in [5.41, 5.74) is 9.37. The van der Waals surface area contributed by atoms with Crippen molar-refractivity contribution in [1.29, 1.82) is 0 Å². The number of rotatable bonds is 5. The molecule has 0 unspecified atom stereocenters. The maximum absolute atomic E-state index is 12.3. The zero-order valence-corrected chi connectivity index (χ0v) is 13.6. The molecule has 22 heavy (non-hydrogen) atoms. The zero-order valence-electron chi connectivity index (χ0n) is 12.8. The second-order valence-electron chi connectivity index (χ2n) is 5.14. The van der Waals surface area contributed by atoms with Gasteiger partial charge in [0.1, 0.15) is 4.99 Å². The molecule has 0 spiro atoms. The van der Waals surface area contributed by atoms with E-state index >= 15 is 0 Å². The molecule has 1 aromatic carbocycles. The fraction of sp³-hybridized carbons (Fsp3) is 0.429. The molecule has 2 aromatic rings. The van der Waals surface area contributed by atoms with Gasteiger partial charge in [-0.3, -0.25) is 4.39 Å². The van der Waals surface area contributed by atoms with E-state index in [0.29, 0.717) is 10.7 Å². The van der Waals surface area contributed by atoms with E-state index in [0.717, 1.165) is 26.9 Å². The topological polar surface area (TPSA) is 78.7 Å². The number of aryl methyl sites for hydroxylation is 2. The van der Waals surface area contributed by atoms with E-state index in [1.165, 1.54) is 4.68 Å². The van der Waals surface area contributed by atoms with Gasteiger partial charge >= 0.3 is 5.69 Å². The van der Waals surface area contributed by atoms with Crippen LogP contribution >= 0.6 is 12.2 Å². The normalized spacial score (nSPS) is 10.9. The third kappa shape index (κ3) is 2.78. The SMILES string of the molecule is Cc1cc(C(N)=S)c(C)c(C)c1-n1nnn(CCCF)c1=O. The van der Waals surface area contributed by atoms with Gasteiger partial charge in [0.05, 0.1) is 18.9 Å². The molecule has 118 valence electrons. The van der Waals surface area contributed by atoms with Crippen LogP contribution in [0.4, 0.5) is 4.39 Å². The molecule has 8 heteroatoms. The van der Waals surface area contributed by atoms with Crippen LogP contribution in [0.15, 0.2) is 10.9 Å². The number of aromatic nitrogens is 4. The lowest BCUT2D eigenvalue weighted by Crippen LogP contribution is -2.26. The van der Waals surface area contributed by atoms with Crippen LogP contribution in [0.5, 0.6) is 0 Å². The maximum Gasteiger partial charge on any atom is 0.368 e. The van der Waals surface area contributed by atoms with Crippen molar-refractivity contribution in [2.75, 3.05) is 6.67 Å². The molecular formula is C14H18FN5OS. The van der Waals surface area contributed by atoms with Gasteiger partial charge in [-0.2, -0.15) is 9.36 Å². The summed E-state index contributed by atoms with van der Waals surface area (Å²) in [6.45, 7) is 5.34. The third-order valence-electron chi connectivity index (χ3n) is 3.68. The molecule has 0 fully saturated rings. The summed E-state index contributed by atoms with van der Waals surface area (Å²) in [6.07, 6.45) is 0.232. The fourth-order valence-electron chi connectivity index (χ4n) is 2.41. The minimum absolute atomic E-state index is 0.206. The number of benzene rings is 1. The second-order valence-corrected chi connectivity index (χ2v) is 5.58. The molecular weight excluding hydrogens is 305 g/mol. The van der Waals surface area contributed by atoms with Crippen LogP contribution in [-0.4, -0.2) is 31.5 Å². The van der Waals surface area contributed by atoms with E-state index in [9.17, 15) is 9.18 Å². The largest absolute Gasteiger partial charge is 0.389 e. The summed E-state index contributed by atoms with van der Waals surface area (Å²) in [6, 6.07) is 1.84. The van der Waals surface area contributed by atoms with Gasteiger partial charge in [-0.05, 0) is 60.4 Å². The Morgan fingerprint density at radius 2 is 2.00 bits per heavy atom. The molecule has 0 atom stereocenters. The molecule has 0 radical (unpaired) electrons. The highest BCUT2D eigenvalue weighted by molar-refractivity contribution is 7.80. The predicted octanol–water partition coefficient (Wildman–Crippen LogP) is 1.35. The summed E-state index contributed by atoms with van der Waals surface area (Å²) in [4.78, 5) is 12.7. The molecule has 0 bridgehead atoms. The van der Waals surface area contributed by atoms with Crippen LogP contribution in [0, 0.1) is 20.8 Å². The first kappa shape index (κ1) is 16.3. The molecule has 0 saturated carbocycles. The molecule has 0 amide bonds. The van der Waals surface area contributed by atoms with E-state index in [2.05, 4.69) is 10.4 Å². The lowest BCUT2D eigenvalue weighted by molar-refractivity contribution is 0.427. The fourth-order valence-corrected chi connectivity index (χ4v) is 2.63. The summed E-state index contributed by atoms with van der Waals surface area (Å²) >= 11 is 5.05. The Morgan fingerprint density at radius 3 is 2.59 bits per heavy atom. The number of thiocarbonyl (C=S) groups is 1. The Morgan fingerprint density at radius 1 is 1.32 bits per heavy atom. The van der Waals surface area contributed by atoms with Crippen molar-refractivity contribution in [3.8, 4) is 5.69 Å². The van der Waals surface area contributed by atoms with E-state index in [4.69, 9.17) is 18.0 Å². The van der Waals surface area contributed by atoms with Crippen LogP contribution in [0.3, 0.4) is 0 Å². The van der Waals surface area contributed by atoms with Gasteiger partial charge in [0.25, 0.3) is 0 Å². The van der Waals surface area contributed by atoms with Gasteiger partial charge < -0.3 is 5.73 Å². The van der Waals surface area contributed by atoms with Crippen molar-refractivity contribution in [2.24, 2.45) is 5.73 Å². The van der Waals surface area contributed by atoms with Gasteiger partial charge in [-0.15, -0.1) is 0 Å². The van der Waals surface area contributed by atoms with Gasteiger partial charge in [0, 0.05) is 5.56 Å². The Labute approximate surface area is 132 Å². The summed E-state index contributed by atoms with van der Waals surface area (Å²) < 4.78 is 14.6. The minimum atomic E-state index is -0.501. The Balaban J connectivity index is 2.59. The van der Waals surface area contributed by atoms with Crippen molar-refractivity contribution in [3.05, 3.63) is 38.8 Å². The predicted molar refractivity (Wildman–Crippen MR) is 86.3 cm³/mol. The van der Waals surface area contributed by atoms with Crippen LogP contribution in [0.1, 0.15) is 28.7 Å². The highest BCUT2D eigenvalue weighted by atomic mass is 32.1. The van der Waals surface area contributed by atoms with Crippen LogP contribution in [-0.2, 0) is 6.54 Å². The molecule has 0 aliphatic rings. The Hall–Kier alpha value is -2.09. The Bertz CT molecular complexity index is 780. The average Bonchev–Trinajstić information content (AvgIpc) is 2.82. The molecule has 2 rings (SSSR count). The smallest absolute Gasteiger partial charge is 0.368 e. The number of tetrazole rings is 1. The van der Waals surface area contributed by atoms with Crippen molar-refractivity contribution in [2.45, 2.75) is 33.7 Å². The van der Waals surface area contributed by atoms with Gasteiger partial charge in [-0.1, -0.05) is 12.2 Å². The Kier molecular flexibility index (Phi) is 4.70. The van der Waals surface area contributed by atoms with Gasteiger partial charge in [0.2, 0.25) is 0 Å². The van der Waals surface area contributed by atoms with Crippen LogP contribution in [0.25, 0.3) is 5.69 Å². The first-order valence-electron chi connectivity index (χ1n) is 6.88. The minimum Gasteiger partial charge on any atom is -0.389 e. The number of nitrogens with zero attached hydrogens (tertiary/aromatic N) is 4. The second kappa shape index (κ2) is 6.35. The molecule has 0 saturated heterocycles. The van der Waals surface area contributed by atoms with E-state index in [1.807, 2.05) is 26.8 Å². The van der Waals surface area contributed by atoms with Crippen molar-refractivity contribution in [1.82, 2.24) is 19.8 Å². The van der Waals surface area contributed by atoms with E-state index < -0.39 is 6.67 Å². The summed E-state index contributed by atoms with van der Waals surface area (Å²) in [7, 11) is 0. The summed E-state index contributed by atoms with van der Waals surface area (Å²) in [5, 5.41) is 7.71. The zero-order chi connectivity index (χ0) is 16.4. The lowest BCUT2D eigenvalue weighted by Gasteiger charge is -2.14. The molecule has 1 aromatic heterocycles. The highest BCUT2D eigenvalue weighted by Gasteiger charge is 2.17. The van der Waals surface area contributed by atoms with Crippen molar-refractivity contribution >= 4 is 17.2 Å². The van der Waals surface area contributed by atoms with Crippen molar-refractivity contribution in [3.63, 3.8) is 0 Å². The molecule has 6 nitrogen and oxygen atoms in total. The van der Waals surface area contributed by atoms with E-state index in [-0.39, 0.29) is 18.7 Å². The van der Waals surface area contributed by atoms with Crippen LogP contribution in [0.2, 0.25) is 0 Å². The quantitative estimate of drug-likeness (QED) is 0.840. The first-order valence-corrected chi connectivity index (χ1v) is 7.29.